The summed E-state index contributed by atoms with van der Waals surface area (Å²) in [5.41, 5.74) is -0.434. The number of hydrogen-bond donors (Lipinski definition) is 0. The Morgan fingerprint density at radius 1 is 0.400 bits per heavy atom. The predicted molar refractivity (Wildman–Crippen MR) is 156 cm³/mol. The second kappa shape index (κ2) is 18.9. The predicted octanol–water partition coefficient (Wildman–Crippen LogP) is 14.2. The van der Waals surface area contributed by atoms with E-state index in [4.69, 9.17) is 4.74 Å². The summed E-state index contributed by atoms with van der Waals surface area (Å²) < 4.78 is 481. The van der Waals surface area contributed by atoms with Crippen molar-refractivity contribution in [2.45, 2.75) is 146 Å². The van der Waals surface area contributed by atoms with Crippen LogP contribution in [0.5, 0.6) is 0 Å². The van der Waals surface area contributed by atoms with E-state index in [0.29, 0.717) is 7.11 Å². The van der Waals surface area contributed by atoms with Gasteiger partial charge < -0.3 is 14.2 Å². The molecular weight excluding hydrogens is 1090 g/mol. The minimum absolute atomic E-state index is 0.257. The molecule has 0 aromatic heterocycles. The van der Waals surface area contributed by atoms with Gasteiger partial charge in [-0.05, 0) is 25.3 Å². The zero-order valence-corrected chi connectivity index (χ0v) is 32.9. The summed E-state index contributed by atoms with van der Waals surface area (Å²) in [7, 11) is 0.539. The molecule has 412 valence electrons. The molecule has 0 amide bonds. The van der Waals surface area contributed by atoms with Gasteiger partial charge >= 0.3 is 101 Å². The van der Waals surface area contributed by atoms with Crippen LogP contribution in [-0.2, 0) is 19.0 Å². The first-order valence-corrected chi connectivity index (χ1v) is 17.3. The number of esters is 1. The summed E-state index contributed by atoms with van der Waals surface area (Å²) in [6.07, 6.45) is -38.1. The maximum absolute atomic E-state index is 14.8. The van der Waals surface area contributed by atoms with Crippen molar-refractivity contribution in [3.8, 4) is 0 Å². The molecule has 0 N–H and O–H groups in total. The smallest absolute Gasteiger partial charge is 0.460 e. The van der Waals surface area contributed by atoms with Crippen LogP contribution in [0, 0.1) is 0 Å². The van der Waals surface area contributed by atoms with E-state index < -0.39 is 151 Å². The second-order valence-electron chi connectivity index (χ2n) is 14.2. The molecule has 1 aromatic rings. The highest BCUT2D eigenvalue weighted by atomic mass is 19.4. The fourth-order valence-electron chi connectivity index (χ4n) is 5.17. The summed E-state index contributed by atoms with van der Waals surface area (Å²) in [6, 6.07) is 5.06. The number of alkyl halides is 34. The van der Waals surface area contributed by atoms with Crippen molar-refractivity contribution in [3.05, 3.63) is 35.9 Å². The number of carbonyl (C=O) groups excluding carboxylic acids is 1. The van der Waals surface area contributed by atoms with Crippen molar-refractivity contribution >= 4 is 5.97 Å². The Balaban J connectivity index is 3.92. The number of halogens is 34. The molecule has 38 heteroatoms. The minimum Gasteiger partial charge on any atom is -0.467 e. The fraction of sp³-hybridized carbons (Fsp3) is 0.781. The lowest BCUT2D eigenvalue weighted by atomic mass is 9.86. The lowest BCUT2D eigenvalue weighted by molar-refractivity contribution is -0.462. The number of rotatable bonds is 24. The Hall–Kier alpha value is -3.77. The van der Waals surface area contributed by atoms with Gasteiger partial charge in [0, 0.05) is 12.8 Å². The van der Waals surface area contributed by atoms with Crippen LogP contribution in [0.1, 0.15) is 44.3 Å². The van der Waals surface area contributed by atoms with Gasteiger partial charge in [-0.15, -0.1) is 0 Å². The van der Waals surface area contributed by atoms with E-state index in [0.717, 1.165) is 24.3 Å². The topological polar surface area (TPSA) is 44.8 Å². The van der Waals surface area contributed by atoms with Gasteiger partial charge in [0.25, 0.3) is 0 Å². The number of benzene rings is 1. The quantitative estimate of drug-likeness (QED) is 0.0588. The standard InChI is InChI=1S/C32H22F34O4/c1-12(70-15(16(67)68-2)13-6-4-3-5-7-13)69-14(8-10-17(33,34)19(37,38)21(41,42)23(45,46)25(49,50)27(53,54)29(57,58)31(61,62)63)9-11-18(35,36)20(39,40)22(43,44)24(47,48)26(51,52)28(55,56)30(59,60)32(64,65)66/h3-7,12,14-15H,8-11H2,1-2H3/t12?,15-/m1/s1. The maximum Gasteiger partial charge on any atom is 0.460 e. The summed E-state index contributed by atoms with van der Waals surface area (Å²) in [5, 5.41) is 0. The van der Waals surface area contributed by atoms with E-state index in [1.165, 1.54) is 6.07 Å². The molecule has 4 nitrogen and oxygen atoms in total. The molecule has 0 aliphatic rings. The van der Waals surface area contributed by atoms with E-state index in [9.17, 15) is 154 Å². The van der Waals surface area contributed by atoms with Crippen LogP contribution >= 0.6 is 0 Å². The first-order valence-electron chi connectivity index (χ1n) is 17.3. The Labute approximate surface area is 364 Å². The molecule has 0 saturated heterocycles. The van der Waals surface area contributed by atoms with Gasteiger partial charge in [0.15, 0.2) is 12.4 Å². The van der Waals surface area contributed by atoms with Crippen LogP contribution in [0.3, 0.4) is 0 Å². The molecule has 0 spiro atoms. The van der Waals surface area contributed by atoms with Crippen molar-refractivity contribution in [2.24, 2.45) is 0 Å². The zero-order chi connectivity index (χ0) is 56.4. The molecule has 0 fully saturated rings. The van der Waals surface area contributed by atoms with Crippen LogP contribution in [-0.4, -0.2) is 121 Å². The lowest BCUT2D eigenvalue weighted by Gasteiger charge is -2.43. The van der Waals surface area contributed by atoms with E-state index in [1.807, 2.05) is 0 Å². The molecule has 1 unspecified atom stereocenters. The van der Waals surface area contributed by atoms with E-state index in [-0.39, 0.29) is 6.92 Å². The Morgan fingerprint density at radius 2 is 0.657 bits per heavy atom. The first kappa shape index (κ1) is 64.2. The number of ether oxygens (including phenoxy) is 3. The highest BCUT2D eigenvalue weighted by Gasteiger charge is 2.97. The van der Waals surface area contributed by atoms with Crippen molar-refractivity contribution < 1.29 is 168 Å². The Bertz CT molecular complexity index is 1820. The normalized spacial score (nSPS) is 16.7. The molecule has 0 bridgehead atoms. The molecular formula is C32H22F34O4. The summed E-state index contributed by atoms with van der Waals surface area (Å²) in [4.78, 5) is 12.3. The third-order valence-electron chi connectivity index (χ3n) is 9.36. The lowest BCUT2D eigenvalue weighted by Crippen LogP contribution is -2.74. The van der Waals surface area contributed by atoms with Crippen LogP contribution in [0.2, 0.25) is 0 Å². The van der Waals surface area contributed by atoms with Gasteiger partial charge in [0.05, 0.1) is 13.2 Å². The van der Waals surface area contributed by atoms with Crippen molar-refractivity contribution in [2.75, 3.05) is 7.11 Å². The minimum atomic E-state index is -9.20. The van der Waals surface area contributed by atoms with Gasteiger partial charge in [-0.2, -0.15) is 149 Å². The van der Waals surface area contributed by atoms with Gasteiger partial charge in [0.1, 0.15) is 0 Å². The summed E-state index contributed by atoms with van der Waals surface area (Å²) >= 11 is 0. The van der Waals surface area contributed by atoms with Crippen molar-refractivity contribution in [3.63, 3.8) is 0 Å². The van der Waals surface area contributed by atoms with Crippen molar-refractivity contribution in [1.29, 1.82) is 0 Å². The van der Waals surface area contributed by atoms with Crippen LogP contribution < -0.4 is 0 Å². The fourth-order valence-corrected chi connectivity index (χ4v) is 5.17. The molecule has 70 heavy (non-hydrogen) atoms. The molecule has 0 saturated carbocycles. The average molecular weight is 1120 g/mol. The first-order chi connectivity index (χ1) is 30.4. The van der Waals surface area contributed by atoms with Crippen LogP contribution in [0.15, 0.2) is 30.3 Å². The van der Waals surface area contributed by atoms with Crippen LogP contribution in [0.4, 0.5) is 149 Å². The Morgan fingerprint density at radius 3 is 0.914 bits per heavy atom. The molecule has 1 rings (SSSR count). The van der Waals surface area contributed by atoms with E-state index >= 15 is 0 Å². The number of hydrogen-bond acceptors (Lipinski definition) is 4. The maximum atomic E-state index is 14.8. The highest BCUT2D eigenvalue weighted by Crippen LogP contribution is 2.66. The monoisotopic (exact) mass is 1120 g/mol. The third-order valence-corrected chi connectivity index (χ3v) is 9.36. The Kier molecular flexibility index (Phi) is 17.4. The van der Waals surface area contributed by atoms with E-state index in [2.05, 4.69) is 9.47 Å². The summed E-state index contributed by atoms with van der Waals surface area (Å²) in [6.45, 7) is 0.257. The molecule has 0 aliphatic carbocycles. The average Bonchev–Trinajstić information content (AvgIpc) is 3.19. The van der Waals surface area contributed by atoms with Gasteiger partial charge in [-0.25, -0.2) is 4.79 Å². The van der Waals surface area contributed by atoms with Gasteiger partial charge in [0.2, 0.25) is 0 Å². The molecule has 0 heterocycles. The van der Waals surface area contributed by atoms with Gasteiger partial charge in [-0.1, -0.05) is 30.3 Å². The molecule has 2 atom stereocenters. The van der Waals surface area contributed by atoms with Crippen LogP contribution in [0.25, 0.3) is 0 Å². The van der Waals surface area contributed by atoms with Crippen molar-refractivity contribution in [1.82, 2.24) is 0 Å². The molecule has 1 aromatic carbocycles. The molecule has 0 aliphatic heterocycles. The highest BCUT2D eigenvalue weighted by molar-refractivity contribution is 5.76. The second-order valence-corrected chi connectivity index (χ2v) is 14.2. The largest absolute Gasteiger partial charge is 0.467 e. The zero-order valence-electron chi connectivity index (χ0n) is 32.9. The SMILES string of the molecule is COC(=O)[C@H](OC(C)OC(CCC(F)(F)C(F)(F)C(F)(F)C(F)(F)C(F)(F)C(F)(F)C(F)(F)C(F)(F)F)CCC(F)(F)C(F)(F)C(F)(F)C(F)(F)C(F)(F)C(F)(F)C(F)(F)C(F)(F)F)c1ccccc1. The third kappa shape index (κ3) is 10.0. The number of carbonyl (C=O) groups is 1. The van der Waals surface area contributed by atoms with E-state index in [1.54, 1.807) is 0 Å². The summed E-state index contributed by atoms with van der Waals surface area (Å²) in [5.74, 6) is -124. The van der Waals surface area contributed by atoms with Gasteiger partial charge in [-0.3, -0.25) is 0 Å². The number of methoxy groups -OCH3 is 1. The molecule has 0 radical (unpaired) electrons.